The normalized spacial score (nSPS) is 30.6. The number of hydrogen-bond acceptors (Lipinski definition) is 2. The van der Waals surface area contributed by atoms with Crippen molar-refractivity contribution in [3.63, 3.8) is 0 Å². The number of amides is 1. The highest BCUT2D eigenvalue weighted by molar-refractivity contribution is 5.84. The van der Waals surface area contributed by atoms with Gasteiger partial charge in [-0.25, -0.2) is 0 Å². The van der Waals surface area contributed by atoms with Gasteiger partial charge in [-0.1, -0.05) is 27.2 Å². The molecule has 0 unspecified atom stereocenters. The van der Waals surface area contributed by atoms with Gasteiger partial charge in [0.25, 0.3) is 0 Å². The molecule has 0 aliphatic heterocycles. The van der Waals surface area contributed by atoms with Crippen molar-refractivity contribution in [3.05, 3.63) is 0 Å². The van der Waals surface area contributed by atoms with Crippen molar-refractivity contribution in [2.75, 3.05) is 6.54 Å². The van der Waals surface area contributed by atoms with Crippen LogP contribution in [0, 0.1) is 11.8 Å². The predicted octanol–water partition coefficient (Wildman–Crippen LogP) is 2.06. The van der Waals surface area contributed by atoms with Gasteiger partial charge in [0.05, 0.1) is 5.54 Å². The van der Waals surface area contributed by atoms with Crippen molar-refractivity contribution < 1.29 is 4.79 Å². The topological polar surface area (TPSA) is 55.1 Å². The Morgan fingerprint density at radius 1 is 1.44 bits per heavy atom. The van der Waals surface area contributed by atoms with Crippen molar-refractivity contribution in [1.29, 1.82) is 0 Å². The Kier molecular flexibility index (Phi) is 4.78. The lowest BCUT2D eigenvalue weighted by molar-refractivity contribution is -0.126. The standard InChI is InChI=1S/C13H26N2O/c1-4-11-5-7-13(8-6-11,12(14)16)15-9-10(2)3/h10-11,15H,4-9H2,1-3H3,(H2,14,16). The molecule has 1 aliphatic rings. The molecule has 0 radical (unpaired) electrons. The number of rotatable bonds is 5. The second kappa shape index (κ2) is 5.67. The zero-order valence-electron chi connectivity index (χ0n) is 10.9. The molecule has 0 aromatic rings. The summed E-state index contributed by atoms with van der Waals surface area (Å²) >= 11 is 0. The van der Waals surface area contributed by atoms with E-state index >= 15 is 0 Å². The van der Waals surface area contributed by atoms with Gasteiger partial charge in [-0.2, -0.15) is 0 Å². The first-order valence-corrected chi connectivity index (χ1v) is 6.55. The molecule has 0 heterocycles. The molecular formula is C13H26N2O. The summed E-state index contributed by atoms with van der Waals surface area (Å²) in [5, 5.41) is 3.40. The second-order valence-corrected chi connectivity index (χ2v) is 5.57. The number of carbonyl (C=O) groups is 1. The molecule has 0 atom stereocenters. The van der Waals surface area contributed by atoms with E-state index in [2.05, 4.69) is 26.1 Å². The summed E-state index contributed by atoms with van der Waals surface area (Å²) in [6.07, 6.45) is 5.30. The van der Waals surface area contributed by atoms with Crippen LogP contribution in [0.3, 0.4) is 0 Å². The average Bonchev–Trinajstić information content (AvgIpc) is 2.26. The number of carbonyl (C=O) groups excluding carboxylic acids is 1. The van der Waals surface area contributed by atoms with Gasteiger partial charge in [0, 0.05) is 0 Å². The molecule has 1 fully saturated rings. The molecule has 94 valence electrons. The molecule has 1 saturated carbocycles. The van der Waals surface area contributed by atoms with Crippen LogP contribution < -0.4 is 11.1 Å². The molecule has 0 saturated heterocycles. The highest BCUT2D eigenvalue weighted by Crippen LogP contribution is 2.33. The lowest BCUT2D eigenvalue weighted by Gasteiger charge is -2.38. The van der Waals surface area contributed by atoms with Gasteiger partial charge < -0.3 is 11.1 Å². The molecule has 0 aromatic heterocycles. The molecule has 16 heavy (non-hydrogen) atoms. The van der Waals surface area contributed by atoms with Crippen LogP contribution in [0.2, 0.25) is 0 Å². The Morgan fingerprint density at radius 3 is 2.38 bits per heavy atom. The average molecular weight is 226 g/mol. The predicted molar refractivity (Wildman–Crippen MR) is 67.0 cm³/mol. The maximum atomic E-state index is 11.6. The van der Waals surface area contributed by atoms with Crippen LogP contribution in [0.4, 0.5) is 0 Å². The van der Waals surface area contributed by atoms with Gasteiger partial charge in [-0.3, -0.25) is 4.79 Å². The first kappa shape index (κ1) is 13.5. The Bertz CT molecular complexity index is 230. The fourth-order valence-corrected chi connectivity index (χ4v) is 2.49. The van der Waals surface area contributed by atoms with E-state index in [1.54, 1.807) is 0 Å². The summed E-state index contributed by atoms with van der Waals surface area (Å²) in [7, 11) is 0. The van der Waals surface area contributed by atoms with E-state index in [0.717, 1.165) is 38.1 Å². The van der Waals surface area contributed by atoms with E-state index in [0.29, 0.717) is 5.92 Å². The van der Waals surface area contributed by atoms with Gasteiger partial charge in [0.15, 0.2) is 0 Å². The number of nitrogens with one attached hydrogen (secondary N) is 1. The van der Waals surface area contributed by atoms with Crippen LogP contribution in [-0.4, -0.2) is 18.0 Å². The molecule has 0 aromatic carbocycles. The third-order valence-corrected chi connectivity index (χ3v) is 3.86. The largest absolute Gasteiger partial charge is 0.368 e. The lowest BCUT2D eigenvalue weighted by Crippen LogP contribution is -2.58. The van der Waals surface area contributed by atoms with Crippen molar-refractivity contribution in [1.82, 2.24) is 5.32 Å². The summed E-state index contributed by atoms with van der Waals surface area (Å²) in [4.78, 5) is 11.6. The maximum Gasteiger partial charge on any atom is 0.237 e. The van der Waals surface area contributed by atoms with E-state index in [1.165, 1.54) is 6.42 Å². The molecule has 1 amide bonds. The number of nitrogens with two attached hydrogens (primary N) is 1. The van der Waals surface area contributed by atoms with E-state index in [4.69, 9.17) is 5.73 Å². The zero-order chi connectivity index (χ0) is 12.2. The summed E-state index contributed by atoms with van der Waals surface area (Å²) < 4.78 is 0. The zero-order valence-corrected chi connectivity index (χ0v) is 10.9. The monoisotopic (exact) mass is 226 g/mol. The van der Waals surface area contributed by atoms with E-state index < -0.39 is 5.54 Å². The van der Waals surface area contributed by atoms with Crippen LogP contribution in [0.25, 0.3) is 0 Å². The first-order valence-electron chi connectivity index (χ1n) is 6.55. The van der Waals surface area contributed by atoms with Gasteiger partial charge in [-0.15, -0.1) is 0 Å². The Morgan fingerprint density at radius 2 is 2.00 bits per heavy atom. The number of primary amides is 1. The summed E-state index contributed by atoms with van der Waals surface area (Å²) in [6.45, 7) is 7.40. The molecule has 0 spiro atoms. The van der Waals surface area contributed by atoms with Crippen molar-refractivity contribution in [3.8, 4) is 0 Å². The molecule has 3 nitrogen and oxygen atoms in total. The van der Waals surface area contributed by atoms with Gasteiger partial charge >= 0.3 is 0 Å². The molecule has 1 rings (SSSR count). The quantitative estimate of drug-likeness (QED) is 0.754. The third-order valence-electron chi connectivity index (χ3n) is 3.86. The van der Waals surface area contributed by atoms with E-state index in [9.17, 15) is 4.79 Å². The molecule has 1 aliphatic carbocycles. The van der Waals surface area contributed by atoms with Crippen LogP contribution in [0.15, 0.2) is 0 Å². The molecule has 3 N–H and O–H groups in total. The summed E-state index contributed by atoms with van der Waals surface area (Å²) in [5.74, 6) is 1.18. The highest BCUT2D eigenvalue weighted by Gasteiger charge is 2.39. The van der Waals surface area contributed by atoms with Gasteiger partial charge in [0.1, 0.15) is 0 Å². The maximum absolute atomic E-state index is 11.6. The van der Waals surface area contributed by atoms with Crippen LogP contribution >= 0.6 is 0 Å². The molecular weight excluding hydrogens is 200 g/mol. The van der Waals surface area contributed by atoms with Crippen LogP contribution in [0.1, 0.15) is 52.9 Å². The smallest absolute Gasteiger partial charge is 0.237 e. The minimum atomic E-state index is -0.421. The Labute approximate surface area is 99.2 Å². The van der Waals surface area contributed by atoms with Crippen LogP contribution in [-0.2, 0) is 4.79 Å². The first-order chi connectivity index (χ1) is 7.50. The highest BCUT2D eigenvalue weighted by atomic mass is 16.1. The number of hydrogen-bond donors (Lipinski definition) is 2. The Balaban J connectivity index is 2.58. The summed E-state index contributed by atoms with van der Waals surface area (Å²) in [5.41, 5.74) is 5.15. The minimum Gasteiger partial charge on any atom is -0.368 e. The van der Waals surface area contributed by atoms with Gasteiger partial charge in [-0.05, 0) is 44.1 Å². The van der Waals surface area contributed by atoms with Crippen LogP contribution in [0.5, 0.6) is 0 Å². The van der Waals surface area contributed by atoms with E-state index in [1.807, 2.05) is 0 Å². The molecule has 0 bridgehead atoms. The molecule has 3 heteroatoms. The third kappa shape index (κ3) is 3.21. The minimum absolute atomic E-state index is 0.164. The fourth-order valence-electron chi connectivity index (χ4n) is 2.49. The fraction of sp³-hybridized carbons (Fsp3) is 0.923. The van der Waals surface area contributed by atoms with E-state index in [-0.39, 0.29) is 5.91 Å². The Hall–Kier alpha value is -0.570. The van der Waals surface area contributed by atoms with Crippen molar-refractivity contribution >= 4 is 5.91 Å². The van der Waals surface area contributed by atoms with Crippen molar-refractivity contribution in [2.45, 2.75) is 58.4 Å². The second-order valence-electron chi connectivity index (χ2n) is 5.57. The van der Waals surface area contributed by atoms with Crippen molar-refractivity contribution in [2.24, 2.45) is 17.6 Å². The SMILES string of the molecule is CCC1CCC(NCC(C)C)(C(N)=O)CC1. The van der Waals surface area contributed by atoms with Gasteiger partial charge in [0.2, 0.25) is 5.91 Å². The lowest BCUT2D eigenvalue weighted by atomic mass is 9.75. The summed E-state index contributed by atoms with van der Waals surface area (Å²) in [6, 6.07) is 0.